The molecule has 3 N–H and O–H groups in total. The van der Waals surface area contributed by atoms with Crippen LogP contribution in [0, 0.1) is 39.9 Å². The van der Waals surface area contributed by atoms with Gasteiger partial charge in [0.1, 0.15) is 6.10 Å². The van der Waals surface area contributed by atoms with Crippen LogP contribution in [0.3, 0.4) is 0 Å². The van der Waals surface area contributed by atoms with Crippen LogP contribution >= 0.6 is 0 Å². The van der Waals surface area contributed by atoms with E-state index < -0.39 is 24.1 Å². The zero-order valence-electron chi connectivity index (χ0n) is 25.3. The molecule has 4 aliphatic carbocycles. The van der Waals surface area contributed by atoms with Crippen molar-refractivity contribution in [2.24, 2.45) is 39.9 Å². The van der Waals surface area contributed by atoms with Crippen molar-refractivity contribution in [1.29, 1.82) is 0 Å². The number of allylic oxidation sites excluding steroid dienone is 2. The quantitative estimate of drug-likeness (QED) is 0.208. The summed E-state index contributed by atoms with van der Waals surface area (Å²) >= 11 is 0. The lowest BCUT2D eigenvalue weighted by Crippen LogP contribution is -2.65. The third-order valence-electron chi connectivity index (χ3n) is 11.6. The number of rotatable bonds is 5. The van der Waals surface area contributed by atoms with Crippen LogP contribution in [0.15, 0.2) is 36.0 Å². The normalized spacial score (nSPS) is 44.0. The number of esters is 1. The van der Waals surface area contributed by atoms with Gasteiger partial charge in [0.05, 0.1) is 12.2 Å². The van der Waals surface area contributed by atoms with E-state index >= 15 is 0 Å². The van der Waals surface area contributed by atoms with Crippen LogP contribution in [0.5, 0.6) is 0 Å². The largest absolute Gasteiger partial charge is 0.478 e. The van der Waals surface area contributed by atoms with Gasteiger partial charge in [-0.2, -0.15) is 0 Å². The summed E-state index contributed by atoms with van der Waals surface area (Å²) in [5.41, 5.74) is 1.57. The molecule has 0 radical (unpaired) electrons. The second kappa shape index (κ2) is 11.5. The highest BCUT2D eigenvalue weighted by molar-refractivity contribution is 5.88. The summed E-state index contributed by atoms with van der Waals surface area (Å²) in [5, 5.41) is 32.9. The van der Waals surface area contributed by atoms with Crippen molar-refractivity contribution < 1.29 is 29.6 Å². The number of carbonyl (C=O) groups excluding carboxylic acids is 1. The van der Waals surface area contributed by atoms with E-state index in [1.165, 1.54) is 6.92 Å². The maximum atomic E-state index is 12.6. The van der Waals surface area contributed by atoms with Crippen molar-refractivity contribution in [1.82, 2.24) is 0 Å². The topological polar surface area (TPSA) is 104 Å². The van der Waals surface area contributed by atoms with Gasteiger partial charge >= 0.3 is 11.9 Å². The molecule has 0 aromatic carbocycles. The summed E-state index contributed by atoms with van der Waals surface area (Å²) in [6, 6.07) is 0. The predicted octanol–water partition coefficient (Wildman–Crippen LogP) is 6.47. The first-order valence-corrected chi connectivity index (χ1v) is 14.8. The smallest absolute Gasteiger partial charge is 0.331 e. The standard InChI is InChI=1S/C31H48O6.C2H4/c1-17(2)9-8-10-20(28(35)36)26-22-15-24(34)27-29(5)13-12-23(33)18(3)21(29)11-14-30(27,6)31(22,7)16-25(26)37-19(4)32;1-2/h9,18,21-25,27,33-34H,8,10-16H2,1-7H3,(H,35,36);1-2H2/b26-20-;/t18-,21-,22-,23+,24+,25-,27-,29-,30-,31-;/m0./s1. The number of aliphatic hydroxyl groups excluding tert-OH is 2. The number of ether oxygens (including phenoxy) is 1. The first kappa shape index (κ1) is 31.6. The molecule has 4 aliphatic rings. The second-order valence-corrected chi connectivity index (χ2v) is 13.6. The zero-order valence-corrected chi connectivity index (χ0v) is 25.3. The average molecular weight is 545 g/mol. The fourth-order valence-corrected chi connectivity index (χ4v) is 9.79. The van der Waals surface area contributed by atoms with E-state index in [4.69, 9.17) is 4.74 Å². The van der Waals surface area contributed by atoms with Crippen LogP contribution in [-0.2, 0) is 14.3 Å². The lowest BCUT2D eigenvalue weighted by atomic mass is 9.36. The Balaban J connectivity index is 0.00000205. The number of aliphatic hydroxyl groups is 2. The molecule has 39 heavy (non-hydrogen) atoms. The Kier molecular flexibility index (Phi) is 9.34. The molecule has 0 bridgehead atoms. The van der Waals surface area contributed by atoms with Gasteiger partial charge in [0.15, 0.2) is 0 Å². The fraction of sp³-hybridized carbons (Fsp3) is 0.758. The van der Waals surface area contributed by atoms with E-state index in [9.17, 15) is 24.9 Å². The molecule has 0 heterocycles. The Morgan fingerprint density at radius 2 is 1.67 bits per heavy atom. The van der Waals surface area contributed by atoms with Gasteiger partial charge in [-0.25, -0.2) is 4.79 Å². The van der Waals surface area contributed by atoms with E-state index in [1.54, 1.807) is 0 Å². The minimum absolute atomic E-state index is 0.0474. The number of hydrogen-bond donors (Lipinski definition) is 3. The third kappa shape index (κ3) is 5.16. The van der Waals surface area contributed by atoms with Crippen LogP contribution in [0.2, 0.25) is 0 Å². The molecule has 220 valence electrons. The second-order valence-electron chi connectivity index (χ2n) is 13.6. The molecule has 0 amide bonds. The van der Waals surface area contributed by atoms with Crippen molar-refractivity contribution in [2.45, 2.75) is 118 Å². The molecule has 6 heteroatoms. The van der Waals surface area contributed by atoms with Crippen molar-refractivity contribution in [2.75, 3.05) is 0 Å². The van der Waals surface area contributed by atoms with Gasteiger partial charge in [0.25, 0.3) is 0 Å². The lowest BCUT2D eigenvalue weighted by molar-refractivity contribution is -0.234. The van der Waals surface area contributed by atoms with Crippen molar-refractivity contribution in [3.8, 4) is 0 Å². The molecule has 6 nitrogen and oxygen atoms in total. The minimum atomic E-state index is -0.953. The fourth-order valence-electron chi connectivity index (χ4n) is 9.79. The Morgan fingerprint density at radius 1 is 1.03 bits per heavy atom. The summed E-state index contributed by atoms with van der Waals surface area (Å²) in [6.07, 6.45) is 6.22. The molecule has 0 spiro atoms. The van der Waals surface area contributed by atoms with E-state index in [1.807, 2.05) is 19.9 Å². The van der Waals surface area contributed by atoms with Gasteiger partial charge in [-0.3, -0.25) is 4.79 Å². The monoisotopic (exact) mass is 544 g/mol. The van der Waals surface area contributed by atoms with Crippen molar-refractivity contribution in [3.63, 3.8) is 0 Å². The number of aliphatic carboxylic acids is 1. The molecule has 0 aromatic rings. The summed E-state index contributed by atoms with van der Waals surface area (Å²) in [6.45, 7) is 20.5. The van der Waals surface area contributed by atoms with Gasteiger partial charge in [-0.05, 0) is 111 Å². The number of carboxylic acids is 1. The summed E-state index contributed by atoms with van der Waals surface area (Å²) < 4.78 is 5.87. The molecule has 0 saturated heterocycles. The van der Waals surface area contributed by atoms with Gasteiger partial charge in [0, 0.05) is 12.5 Å². The number of fused-ring (bicyclic) bond motifs is 5. The van der Waals surface area contributed by atoms with E-state index in [0.717, 1.165) is 36.8 Å². The van der Waals surface area contributed by atoms with Crippen LogP contribution in [0.4, 0.5) is 0 Å². The van der Waals surface area contributed by atoms with Crippen LogP contribution in [0.1, 0.15) is 99.8 Å². The Hall–Kier alpha value is -1.92. The van der Waals surface area contributed by atoms with Gasteiger partial charge in [0.2, 0.25) is 0 Å². The predicted molar refractivity (Wildman–Crippen MR) is 154 cm³/mol. The Morgan fingerprint density at radius 3 is 2.23 bits per heavy atom. The van der Waals surface area contributed by atoms with Gasteiger partial charge < -0.3 is 20.1 Å². The Bertz CT molecular complexity index is 1010. The van der Waals surface area contributed by atoms with Crippen LogP contribution < -0.4 is 0 Å². The van der Waals surface area contributed by atoms with E-state index in [2.05, 4.69) is 40.9 Å². The number of carbonyl (C=O) groups is 2. The van der Waals surface area contributed by atoms with Gasteiger partial charge in [-0.1, -0.05) is 39.3 Å². The molecule has 4 saturated carbocycles. The lowest BCUT2D eigenvalue weighted by Gasteiger charge is -2.69. The highest BCUT2D eigenvalue weighted by Gasteiger charge is 2.70. The number of hydrogen-bond acceptors (Lipinski definition) is 5. The summed E-state index contributed by atoms with van der Waals surface area (Å²) in [4.78, 5) is 24.8. The molecule has 0 unspecified atom stereocenters. The molecule has 0 aliphatic heterocycles. The van der Waals surface area contributed by atoms with Crippen molar-refractivity contribution >= 4 is 11.9 Å². The molecule has 10 atom stereocenters. The summed E-state index contributed by atoms with van der Waals surface area (Å²) in [7, 11) is 0. The van der Waals surface area contributed by atoms with Crippen LogP contribution in [-0.4, -0.2) is 45.6 Å². The first-order valence-electron chi connectivity index (χ1n) is 14.8. The summed E-state index contributed by atoms with van der Waals surface area (Å²) in [5.74, 6) is -0.909. The van der Waals surface area contributed by atoms with Crippen molar-refractivity contribution in [3.05, 3.63) is 36.0 Å². The molecular weight excluding hydrogens is 492 g/mol. The van der Waals surface area contributed by atoms with E-state index in [0.29, 0.717) is 37.2 Å². The van der Waals surface area contributed by atoms with Crippen LogP contribution in [0.25, 0.3) is 0 Å². The molecule has 0 aromatic heterocycles. The molecule has 4 rings (SSSR count). The SMILES string of the molecule is C=C.CC(=O)O[C@H]1C[C@@]2(C)[C@@H](C[C@@H](O)[C@H]3[C@@]4(C)CC[C@@H](O)[C@@H](C)[C@@H]4CC[C@@]32C)/C1=C(\CCC=C(C)C)C(=O)O. The van der Waals surface area contributed by atoms with E-state index in [-0.39, 0.29) is 40.1 Å². The maximum Gasteiger partial charge on any atom is 0.331 e. The molecule has 4 fully saturated rings. The maximum absolute atomic E-state index is 12.6. The van der Waals surface area contributed by atoms with Gasteiger partial charge in [-0.15, -0.1) is 13.2 Å². The molecular formula is C33H52O6. The average Bonchev–Trinajstić information content (AvgIpc) is 3.11. The number of carboxylic acid groups (broad SMARTS) is 1. The first-order chi connectivity index (χ1) is 18.2. The zero-order chi connectivity index (χ0) is 29.5. The minimum Gasteiger partial charge on any atom is -0.478 e. The highest BCUT2D eigenvalue weighted by Crippen LogP contribution is 2.74. The highest BCUT2D eigenvalue weighted by atomic mass is 16.5. The Labute approximate surface area is 235 Å². The third-order valence-corrected chi connectivity index (χ3v) is 11.6.